The van der Waals surface area contributed by atoms with Crippen LogP contribution in [0.4, 0.5) is 5.69 Å². The quantitative estimate of drug-likeness (QED) is 0.574. The molecule has 1 amide bonds. The Morgan fingerprint density at radius 3 is 2.75 bits per heavy atom. The van der Waals surface area contributed by atoms with E-state index in [-0.39, 0.29) is 18.4 Å². The fourth-order valence-corrected chi connectivity index (χ4v) is 3.23. The summed E-state index contributed by atoms with van der Waals surface area (Å²) in [6.07, 6.45) is 2.25. The van der Waals surface area contributed by atoms with E-state index >= 15 is 0 Å². The Labute approximate surface area is 169 Å². The lowest BCUT2D eigenvalue weighted by atomic mass is 10.1. The minimum absolute atomic E-state index is 0.0373. The van der Waals surface area contributed by atoms with Gasteiger partial charge in [0.05, 0.1) is 22.9 Å². The van der Waals surface area contributed by atoms with Gasteiger partial charge >= 0.3 is 0 Å². The highest BCUT2D eigenvalue weighted by Crippen LogP contribution is 2.28. The molecule has 0 bridgehead atoms. The minimum atomic E-state index is -0.0532. The Morgan fingerprint density at radius 1 is 1.25 bits per heavy atom. The second-order valence-electron chi connectivity index (χ2n) is 6.62. The molecule has 0 aliphatic heterocycles. The smallest absolute Gasteiger partial charge is 0.227 e. The average Bonchev–Trinajstić information content (AvgIpc) is 3.15. The van der Waals surface area contributed by atoms with Crippen molar-refractivity contribution in [3.05, 3.63) is 71.2 Å². The fraction of sp³-hybridized carbons (Fsp3) is 0.227. The summed E-state index contributed by atoms with van der Waals surface area (Å²) in [6.45, 7) is 3.88. The van der Waals surface area contributed by atoms with Crippen molar-refractivity contribution >= 4 is 23.2 Å². The molecule has 1 aromatic heterocycles. The summed E-state index contributed by atoms with van der Waals surface area (Å²) < 4.78 is 5.77. The monoisotopic (exact) mass is 393 g/mol. The van der Waals surface area contributed by atoms with Crippen LogP contribution in [-0.2, 0) is 11.2 Å². The molecule has 0 unspecified atom stereocenters. The summed E-state index contributed by atoms with van der Waals surface area (Å²) in [7, 11) is 0. The number of anilines is 1. The van der Waals surface area contributed by atoms with Crippen LogP contribution in [0.2, 0.25) is 5.02 Å². The number of aryl methyl sites for hydroxylation is 1. The number of oxazole rings is 1. The second-order valence-corrected chi connectivity index (χ2v) is 7.02. The van der Waals surface area contributed by atoms with Crippen molar-refractivity contribution < 1.29 is 9.21 Å². The van der Waals surface area contributed by atoms with E-state index in [2.05, 4.69) is 11.1 Å². The van der Waals surface area contributed by atoms with E-state index in [9.17, 15) is 4.79 Å². The van der Waals surface area contributed by atoms with Crippen LogP contribution in [0.15, 0.2) is 59.1 Å². The molecule has 0 radical (unpaired) electrons. The Kier molecular flexibility index (Phi) is 6.13. The Morgan fingerprint density at radius 2 is 2.04 bits per heavy atom. The van der Waals surface area contributed by atoms with Crippen LogP contribution < -0.4 is 4.90 Å². The number of rotatable bonds is 6. The molecular weight excluding hydrogens is 374 g/mol. The fourth-order valence-electron chi connectivity index (χ4n) is 3.00. The van der Waals surface area contributed by atoms with Gasteiger partial charge in [0.15, 0.2) is 11.7 Å². The largest absolute Gasteiger partial charge is 0.441 e. The summed E-state index contributed by atoms with van der Waals surface area (Å²) in [5, 5.41) is 9.69. The van der Waals surface area contributed by atoms with E-state index in [1.165, 1.54) is 0 Å². The lowest BCUT2D eigenvalue weighted by Gasteiger charge is -2.27. The predicted molar refractivity (Wildman–Crippen MR) is 109 cm³/mol. The molecule has 28 heavy (non-hydrogen) atoms. The van der Waals surface area contributed by atoms with Crippen molar-refractivity contribution in [1.29, 1.82) is 5.26 Å². The standard InChI is InChI=1S/C22H20ClN3O2/c1-15(2)26(17-7-5-6-16(12-17)13-24)22(27)11-10-21-25-14-20(28-21)18-8-3-4-9-19(18)23/h3-9,12,14-15H,10-11H2,1-2H3. The van der Waals surface area contributed by atoms with Gasteiger partial charge in [-0.05, 0) is 44.2 Å². The highest BCUT2D eigenvalue weighted by Gasteiger charge is 2.20. The van der Waals surface area contributed by atoms with Gasteiger partial charge in [-0.2, -0.15) is 5.26 Å². The normalized spacial score (nSPS) is 10.7. The van der Waals surface area contributed by atoms with Gasteiger partial charge in [-0.3, -0.25) is 4.79 Å². The van der Waals surface area contributed by atoms with Crippen molar-refractivity contribution in [2.75, 3.05) is 4.90 Å². The zero-order chi connectivity index (χ0) is 20.1. The number of nitrogens with zero attached hydrogens (tertiary/aromatic N) is 3. The first-order chi connectivity index (χ1) is 13.5. The molecule has 5 nitrogen and oxygen atoms in total. The summed E-state index contributed by atoms with van der Waals surface area (Å²) in [4.78, 5) is 18.8. The van der Waals surface area contributed by atoms with Crippen molar-refractivity contribution in [2.45, 2.75) is 32.7 Å². The molecular formula is C22H20ClN3O2. The first kappa shape index (κ1) is 19.7. The molecule has 0 aliphatic carbocycles. The molecule has 0 saturated heterocycles. The molecule has 0 saturated carbocycles. The maximum atomic E-state index is 12.8. The predicted octanol–water partition coefficient (Wildman–Crippen LogP) is 5.24. The molecule has 1 heterocycles. The molecule has 6 heteroatoms. The van der Waals surface area contributed by atoms with E-state index < -0.39 is 0 Å². The topological polar surface area (TPSA) is 70.1 Å². The highest BCUT2D eigenvalue weighted by molar-refractivity contribution is 6.33. The van der Waals surface area contributed by atoms with Crippen molar-refractivity contribution in [2.24, 2.45) is 0 Å². The van der Waals surface area contributed by atoms with Crippen molar-refractivity contribution in [3.63, 3.8) is 0 Å². The lowest BCUT2D eigenvalue weighted by molar-refractivity contribution is -0.119. The number of hydrogen-bond donors (Lipinski definition) is 0. The minimum Gasteiger partial charge on any atom is -0.441 e. The van der Waals surface area contributed by atoms with Crippen LogP contribution in [0.5, 0.6) is 0 Å². The van der Waals surface area contributed by atoms with E-state index in [0.717, 1.165) is 5.56 Å². The van der Waals surface area contributed by atoms with Gasteiger partial charge in [-0.1, -0.05) is 29.8 Å². The molecule has 0 aliphatic rings. The van der Waals surface area contributed by atoms with Gasteiger partial charge < -0.3 is 9.32 Å². The molecule has 0 fully saturated rings. The zero-order valence-corrected chi connectivity index (χ0v) is 16.5. The van der Waals surface area contributed by atoms with E-state index in [1.54, 1.807) is 35.4 Å². The second kappa shape index (κ2) is 8.73. The first-order valence-electron chi connectivity index (χ1n) is 9.01. The summed E-state index contributed by atoms with van der Waals surface area (Å²) in [5.74, 6) is 1.01. The SMILES string of the molecule is CC(C)N(C(=O)CCc1ncc(-c2ccccc2Cl)o1)c1cccc(C#N)c1. The zero-order valence-electron chi connectivity index (χ0n) is 15.7. The van der Waals surface area contributed by atoms with Crippen LogP contribution in [0.25, 0.3) is 11.3 Å². The number of amides is 1. The number of hydrogen-bond acceptors (Lipinski definition) is 4. The number of carbonyl (C=O) groups excluding carboxylic acids is 1. The molecule has 0 spiro atoms. The highest BCUT2D eigenvalue weighted by atomic mass is 35.5. The van der Waals surface area contributed by atoms with Crippen LogP contribution in [0.1, 0.15) is 31.7 Å². The first-order valence-corrected chi connectivity index (χ1v) is 9.39. The summed E-state index contributed by atoms with van der Waals surface area (Å²) >= 11 is 6.19. The van der Waals surface area contributed by atoms with Gasteiger partial charge in [0.25, 0.3) is 0 Å². The van der Waals surface area contributed by atoms with Crippen molar-refractivity contribution in [3.8, 4) is 17.4 Å². The molecule has 2 aromatic carbocycles. The van der Waals surface area contributed by atoms with Gasteiger partial charge in [0, 0.05) is 30.1 Å². The third kappa shape index (κ3) is 4.41. The van der Waals surface area contributed by atoms with Crippen molar-refractivity contribution in [1.82, 2.24) is 4.98 Å². The number of aromatic nitrogens is 1. The lowest BCUT2D eigenvalue weighted by Crippen LogP contribution is -2.37. The van der Waals surface area contributed by atoms with Crippen LogP contribution in [0.3, 0.4) is 0 Å². The maximum absolute atomic E-state index is 12.8. The number of benzene rings is 2. The molecule has 0 N–H and O–H groups in total. The van der Waals surface area contributed by atoms with Gasteiger partial charge in [-0.25, -0.2) is 4.98 Å². The van der Waals surface area contributed by atoms with E-state index in [1.807, 2.05) is 38.1 Å². The van der Waals surface area contributed by atoms with Crippen LogP contribution in [0, 0.1) is 11.3 Å². The number of nitriles is 1. The molecule has 3 rings (SSSR count). The number of carbonyl (C=O) groups is 1. The Hall–Kier alpha value is -3.10. The van der Waals surface area contributed by atoms with Crippen LogP contribution in [-0.4, -0.2) is 16.9 Å². The van der Waals surface area contributed by atoms with Crippen LogP contribution >= 0.6 is 11.6 Å². The molecule has 142 valence electrons. The maximum Gasteiger partial charge on any atom is 0.227 e. The Balaban J connectivity index is 1.72. The molecule has 3 aromatic rings. The van der Waals surface area contributed by atoms with Gasteiger partial charge in [0.2, 0.25) is 5.91 Å². The average molecular weight is 394 g/mol. The molecule has 0 atom stereocenters. The Bertz CT molecular complexity index is 1020. The summed E-state index contributed by atoms with van der Waals surface area (Å²) in [5.41, 5.74) is 2.00. The third-order valence-corrected chi connectivity index (χ3v) is 4.61. The van der Waals surface area contributed by atoms with E-state index in [0.29, 0.717) is 34.3 Å². The number of halogens is 1. The van der Waals surface area contributed by atoms with E-state index in [4.69, 9.17) is 21.3 Å². The third-order valence-electron chi connectivity index (χ3n) is 4.28. The van der Waals surface area contributed by atoms with Gasteiger partial charge in [0.1, 0.15) is 0 Å². The summed E-state index contributed by atoms with van der Waals surface area (Å²) in [6, 6.07) is 16.5. The van der Waals surface area contributed by atoms with Gasteiger partial charge in [-0.15, -0.1) is 0 Å².